The first-order valence-electron chi connectivity index (χ1n) is 6.55. The average molecular weight is 337 g/mol. The zero-order valence-electron chi connectivity index (χ0n) is 12.3. The van der Waals surface area contributed by atoms with Crippen LogP contribution in [0.15, 0.2) is 40.1 Å². The maximum absolute atomic E-state index is 13.4. The number of nitrogens with zero attached hydrogens (tertiary/aromatic N) is 1. The molecule has 0 aliphatic heterocycles. The molecule has 0 aliphatic rings. The summed E-state index contributed by atoms with van der Waals surface area (Å²) < 4.78 is 31.7. The van der Waals surface area contributed by atoms with Crippen molar-refractivity contribution in [1.82, 2.24) is 4.98 Å². The Morgan fingerprint density at radius 3 is 2.22 bits per heavy atom. The molecular formula is C16H13F2NO3S. The van der Waals surface area contributed by atoms with Crippen LogP contribution >= 0.6 is 11.3 Å². The summed E-state index contributed by atoms with van der Waals surface area (Å²) in [5, 5.41) is 10.8. The molecule has 3 rings (SSSR count). The molecule has 7 heteroatoms. The molecule has 0 saturated carbocycles. The van der Waals surface area contributed by atoms with E-state index in [1.807, 2.05) is 0 Å². The molecule has 0 aliphatic carbocycles. The van der Waals surface area contributed by atoms with Gasteiger partial charge in [-0.15, -0.1) is 11.3 Å². The van der Waals surface area contributed by atoms with Gasteiger partial charge >= 0.3 is 5.97 Å². The standard InChI is InChI=1S/C11H7F2NO3.C5H6S/c1-5-9(11(15)16)14-10(17-5)8-6(12)3-2-4-7(8)13;1-5-3-2-4-6-5/h2-4H,1H3,(H,15,16);2-4H,1H3. The SMILES string of the molecule is Cc1cccs1.Cc1oc(-c2c(F)cccc2F)nc1C(=O)O. The molecule has 0 radical (unpaired) electrons. The van der Waals surface area contributed by atoms with E-state index in [1.165, 1.54) is 17.9 Å². The van der Waals surface area contributed by atoms with E-state index in [0.717, 1.165) is 12.1 Å². The number of halogens is 2. The fourth-order valence-electron chi connectivity index (χ4n) is 1.76. The van der Waals surface area contributed by atoms with E-state index in [-0.39, 0.29) is 17.3 Å². The van der Waals surface area contributed by atoms with Crippen LogP contribution in [0.2, 0.25) is 0 Å². The van der Waals surface area contributed by atoms with Crippen molar-refractivity contribution in [1.29, 1.82) is 0 Å². The Morgan fingerprint density at radius 2 is 1.83 bits per heavy atom. The zero-order chi connectivity index (χ0) is 17.0. The summed E-state index contributed by atoms with van der Waals surface area (Å²) in [7, 11) is 0. The van der Waals surface area contributed by atoms with Crippen LogP contribution in [0.5, 0.6) is 0 Å². The molecule has 120 valence electrons. The smallest absolute Gasteiger partial charge is 0.358 e. The molecule has 0 bridgehead atoms. The first kappa shape index (κ1) is 16.8. The van der Waals surface area contributed by atoms with Gasteiger partial charge in [-0.25, -0.2) is 18.6 Å². The maximum atomic E-state index is 13.4. The summed E-state index contributed by atoms with van der Waals surface area (Å²) in [6.45, 7) is 3.46. The number of hydrogen-bond acceptors (Lipinski definition) is 4. The van der Waals surface area contributed by atoms with Gasteiger partial charge in [0.15, 0.2) is 5.69 Å². The fourth-order valence-corrected chi connectivity index (χ4v) is 2.29. The zero-order valence-corrected chi connectivity index (χ0v) is 13.2. The molecule has 0 spiro atoms. The van der Waals surface area contributed by atoms with E-state index in [4.69, 9.17) is 9.52 Å². The van der Waals surface area contributed by atoms with Crippen LogP contribution in [0, 0.1) is 25.5 Å². The van der Waals surface area contributed by atoms with E-state index in [1.54, 1.807) is 11.3 Å². The third-order valence-corrected chi connectivity index (χ3v) is 3.64. The number of thiophene rings is 1. The number of oxazole rings is 1. The first-order valence-corrected chi connectivity index (χ1v) is 7.43. The normalized spacial score (nSPS) is 10.1. The Bertz CT molecular complexity index is 793. The number of aryl methyl sites for hydroxylation is 2. The lowest BCUT2D eigenvalue weighted by Gasteiger charge is -1.98. The minimum Gasteiger partial charge on any atom is -0.476 e. The van der Waals surface area contributed by atoms with Gasteiger partial charge in [0, 0.05) is 4.88 Å². The molecule has 1 aromatic carbocycles. The summed E-state index contributed by atoms with van der Waals surface area (Å²) >= 11 is 1.78. The summed E-state index contributed by atoms with van der Waals surface area (Å²) in [4.78, 5) is 15.7. The maximum Gasteiger partial charge on any atom is 0.358 e. The van der Waals surface area contributed by atoms with E-state index >= 15 is 0 Å². The van der Waals surface area contributed by atoms with Crippen LogP contribution in [-0.2, 0) is 0 Å². The Hall–Kier alpha value is -2.54. The van der Waals surface area contributed by atoms with Gasteiger partial charge < -0.3 is 9.52 Å². The van der Waals surface area contributed by atoms with Crippen molar-refractivity contribution in [2.45, 2.75) is 13.8 Å². The third-order valence-electron chi connectivity index (χ3n) is 2.84. The van der Waals surface area contributed by atoms with Crippen molar-refractivity contribution in [3.05, 3.63) is 63.7 Å². The molecule has 23 heavy (non-hydrogen) atoms. The number of carboxylic acids is 1. The van der Waals surface area contributed by atoms with Crippen molar-refractivity contribution in [2.75, 3.05) is 0 Å². The largest absolute Gasteiger partial charge is 0.476 e. The summed E-state index contributed by atoms with van der Waals surface area (Å²) in [5.74, 6) is -3.41. The first-order chi connectivity index (χ1) is 10.9. The quantitative estimate of drug-likeness (QED) is 0.737. The van der Waals surface area contributed by atoms with Crippen LogP contribution < -0.4 is 0 Å². The lowest BCUT2D eigenvalue weighted by Crippen LogP contribution is -1.98. The molecule has 2 aromatic heterocycles. The predicted octanol–water partition coefficient (Wildman–Crippen LogP) is 4.68. The predicted molar refractivity (Wildman–Crippen MR) is 82.6 cm³/mol. The van der Waals surface area contributed by atoms with Gasteiger partial charge in [0.1, 0.15) is 23.0 Å². The second-order valence-corrected chi connectivity index (χ2v) is 5.70. The molecule has 1 N–H and O–H groups in total. The molecule has 0 atom stereocenters. The van der Waals surface area contributed by atoms with E-state index in [9.17, 15) is 13.6 Å². The van der Waals surface area contributed by atoms with Gasteiger partial charge in [0.05, 0.1) is 0 Å². The molecule has 0 amide bonds. The van der Waals surface area contributed by atoms with Gasteiger partial charge in [-0.1, -0.05) is 12.1 Å². The summed E-state index contributed by atoms with van der Waals surface area (Å²) in [6, 6.07) is 7.43. The van der Waals surface area contributed by atoms with Gasteiger partial charge in [-0.2, -0.15) is 0 Å². The summed E-state index contributed by atoms with van der Waals surface area (Å²) in [5.41, 5.74) is -0.828. The van der Waals surface area contributed by atoms with Crippen LogP contribution in [0.4, 0.5) is 8.78 Å². The molecule has 0 unspecified atom stereocenters. The Labute approximate surface area is 135 Å². The molecule has 3 aromatic rings. The van der Waals surface area contributed by atoms with E-state index in [0.29, 0.717) is 0 Å². The van der Waals surface area contributed by atoms with Crippen molar-refractivity contribution < 1.29 is 23.1 Å². The lowest BCUT2D eigenvalue weighted by molar-refractivity contribution is 0.0689. The highest BCUT2D eigenvalue weighted by Gasteiger charge is 2.21. The van der Waals surface area contributed by atoms with Crippen LogP contribution in [-0.4, -0.2) is 16.1 Å². The van der Waals surface area contributed by atoms with Crippen LogP contribution in [0.25, 0.3) is 11.5 Å². The van der Waals surface area contributed by atoms with Crippen LogP contribution in [0.3, 0.4) is 0 Å². The van der Waals surface area contributed by atoms with Gasteiger partial charge in [0.2, 0.25) is 5.89 Å². The second-order valence-electron chi connectivity index (χ2n) is 4.55. The molecule has 0 saturated heterocycles. The van der Waals surface area contributed by atoms with Crippen molar-refractivity contribution in [3.8, 4) is 11.5 Å². The Balaban J connectivity index is 0.000000268. The van der Waals surface area contributed by atoms with Crippen molar-refractivity contribution in [3.63, 3.8) is 0 Å². The second kappa shape index (κ2) is 7.15. The average Bonchev–Trinajstić information content (AvgIpc) is 3.08. The van der Waals surface area contributed by atoms with E-state index < -0.39 is 23.2 Å². The number of hydrogen-bond donors (Lipinski definition) is 1. The van der Waals surface area contributed by atoms with Crippen molar-refractivity contribution >= 4 is 17.3 Å². The highest BCUT2D eigenvalue weighted by molar-refractivity contribution is 7.09. The Kier molecular flexibility index (Phi) is 5.23. The minimum absolute atomic E-state index is 0.00449. The number of aromatic carboxylic acids is 1. The highest BCUT2D eigenvalue weighted by atomic mass is 32.1. The molecule has 4 nitrogen and oxygen atoms in total. The summed E-state index contributed by atoms with van der Waals surface area (Å²) in [6.07, 6.45) is 0. The molecule has 2 heterocycles. The monoisotopic (exact) mass is 337 g/mol. The minimum atomic E-state index is -1.31. The Morgan fingerprint density at radius 1 is 1.17 bits per heavy atom. The number of rotatable bonds is 2. The molecular weight excluding hydrogens is 324 g/mol. The number of carbonyl (C=O) groups is 1. The van der Waals surface area contributed by atoms with Gasteiger partial charge in [-0.05, 0) is 37.4 Å². The fraction of sp³-hybridized carbons (Fsp3) is 0.125. The number of aromatic nitrogens is 1. The lowest BCUT2D eigenvalue weighted by atomic mass is 10.2. The van der Waals surface area contributed by atoms with Crippen LogP contribution in [0.1, 0.15) is 21.1 Å². The van der Waals surface area contributed by atoms with E-state index in [2.05, 4.69) is 29.4 Å². The number of benzene rings is 1. The highest BCUT2D eigenvalue weighted by Crippen LogP contribution is 2.26. The van der Waals surface area contributed by atoms with Gasteiger partial charge in [-0.3, -0.25) is 0 Å². The van der Waals surface area contributed by atoms with Gasteiger partial charge in [0.25, 0.3) is 0 Å². The topological polar surface area (TPSA) is 63.3 Å². The third kappa shape index (κ3) is 4.01. The number of carboxylic acid groups (broad SMARTS) is 1. The molecule has 0 fully saturated rings. The van der Waals surface area contributed by atoms with Crippen molar-refractivity contribution in [2.24, 2.45) is 0 Å².